The van der Waals surface area contributed by atoms with Crippen LogP contribution < -0.4 is 0 Å². The maximum absolute atomic E-state index is 9.00. The van der Waals surface area contributed by atoms with Crippen LogP contribution in [-0.2, 0) is 0 Å². The minimum absolute atomic E-state index is 0.291. The van der Waals surface area contributed by atoms with Crippen molar-refractivity contribution < 1.29 is 0 Å². The summed E-state index contributed by atoms with van der Waals surface area (Å²) < 4.78 is 0. The lowest BCUT2D eigenvalue weighted by atomic mass is 9.97. The summed E-state index contributed by atoms with van der Waals surface area (Å²) in [7, 11) is 0. The molecule has 0 spiro atoms. The largest absolute Gasteiger partial charge is 0.365 e. The molecule has 0 aliphatic heterocycles. The first kappa shape index (κ1) is 18.8. The second kappa shape index (κ2) is 8.39. The van der Waals surface area contributed by atoms with Crippen LogP contribution in [0.15, 0.2) is 48.7 Å². The van der Waals surface area contributed by atoms with Crippen molar-refractivity contribution in [2.75, 3.05) is 6.54 Å². The van der Waals surface area contributed by atoms with Gasteiger partial charge in [0.05, 0.1) is 11.6 Å². The van der Waals surface area contributed by atoms with E-state index < -0.39 is 0 Å². The fourth-order valence-corrected chi connectivity index (χ4v) is 2.81. The molecule has 2 heteroatoms. The summed E-state index contributed by atoms with van der Waals surface area (Å²) in [4.78, 5) is 2.30. The Hall–Kier alpha value is -2.27. The smallest absolute Gasteiger partial charge is 0.0991 e. The Labute approximate surface area is 141 Å². The molecular formula is C21H28N2. The van der Waals surface area contributed by atoms with Gasteiger partial charge in [0.1, 0.15) is 0 Å². The van der Waals surface area contributed by atoms with Gasteiger partial charge >= 0.3 is 0 Å². The zero-order valence-corrected chi connectivity index (χ0v) is 15.1. The normalized spacial score (nSPS) is 12.4. The molecule has 1 atom stereocenters. The standard InChI is InChI=1S/C21H28N2/c1-8-20(23(16(4)5)14-15(2)3)12-18(7)21-10-9-19(13-22)11-17(21)6/h9-12,20H,2,4,8,14H2,1,3,5-7H3/b18-12+. The number of hydrogen-bond donors (Lipinski definition) is 0. The zero-order chi connectivity index (χ0) is 17.6. The van der Waals surface area contributed by atoms with E-state index >= 15 is 0 Å². The molecule has 0 heterocycles. The molecule has 0 fully saturated rings. The van der Waals surface area contributed by atoms with Crippen LogP contribution in [0.4, 0.5) is 0 Å². The van der Waals surface area contributed by atoms with Gasteiger partial charge in [-0.25, -0.2) is 0 Å². The number of aryl methyl sites for hydroxylation is 1. The van der Waals surface area contributed by atoms with Crippen molar-refractivity contribution in [3.05, 3.63) is 65.4 Å². The maximum atomic E-state index is 9.00. The highest BCUT2D eigenvalue weighted by Gasteiger charge is 2.15. The number of allylic oxidation sites excluding steroid dienone is 2. The van der Waals surface area contributed by atoms with Crippen LogP contribution in [0.5, 0.6) is 0 Å². The molecule has 1 rings (SSSR count). The van der Waals surface area contributed by atoms with Crippen molar-refractivity contribution in [1.82, 2.24) is 4.90 Å². The molecule has 0 aromatic heterocycles. The van der Waals surface area contributed by atoms with E-state index in [0.717, 1.165) is 29.8 Å². The van der Waals surface area contributed by atoms with Gasteiger partial charge in [0, 0.05) is 18.3 Å². The Kier molecular flexibility index (Phi) is 6.85. The van der Waals surface area contributed by atoms with Crippen LogP contribution in [0.25, 0.3) is 5.57 Å². The quantitative estimate of drug-likeness (QED) is 0.625. The van der Waals surface area contributed by atoms with Gasteiger partial charge < -0.3 is 4.90 Å². The van der Waals surface area contributed by atoms with Crippen molar-refractivity contribution >= 4 is 5.57 Å². The van der Waals surface area contributed by atoms with Gasteiger partial charge in [0.25, 0.3) is 0 Å². The highest BCUT2D eigenvalue weighted by atomic mass is 15.2. The van der Waals surface area contributed by atoms with Crippen molar-refractivity contribution in [2.24, 2.45) is 0 Å². The van der Waals surface area contributed by atoms with E-state index in [9.17, 15) is 0 Å². The molecule has 0 amide bonds. The van der Waals surface area contributed by atoms with Crippen LogP contribution in [0.3, 0.4) is 0 Å². The summed E-state index contributed by atoms with van der Waals surface area (Å²) in [5, 5.41) is 9.00. The number of hydrogen-bond acceptors (Lipinski definition) is 2. The molecule has 0 N–H and O–H groups in total. The van der Waals surface area contributed by atoms with Crippen LogP contribution in [-0.4, -0.2) is 17.5 Å². The van der Waals surface area contributed by atoms with Crippen molar-refractivity contribution in [1.29, 1.82) is 5.26 Å². The summed E-state index contributed by atoms with van der Waals surface area (Å²) in [5.74, 6) is 0. The first-order valence-electron chi connectivity index (χ1n) is 8.06. The third-order valence-corrected chi connectivity index (χ3v) is 3.97. The number of nitrogens with zero attached hydrogens (tertiary/aromatic N) is 2. The number of nitriles is 1. The Balaban J connectivity index is 3.16. The number of rotatable bonds is 7. The van der Waals surface area contributed by atoms with Crippen molar-refractivity contribution in [2.45, 2.75) is 47.1 Å². The molecule has 1 unspecified atom stereocenters. The summed E-state index contributed by atoms with van der Waals surface area (Å²) in [6, 6.07) is 8.34. The molecule has 0 radical (unpaired) electrons. The zero-order valence-electron chi connectivity index (χ0n) is 15.1. The van der Waals surface area contributed by atoms with Gasteiger partial charge in [0.15, 0.2) is 0 Å². The molecule has 23 heavy (non-hydrogen) atoms. The molecule has 1 aromatic carbocycles. The summed E-state index contributed by atoms with van der Waals surface area (Å²) >= 11 is 0. The van der Waals surface area contributed by atoms with E-state index in [1.165, 1.54) is 11.1 Å². The average Bonchev–Trinajstić information content (AvgIpc) is 2.49. The summed E-state index contributed by atoms with van der Waals surface area (Å²) in [6.45, 7) is 19.4. The second-order valence-corrected chi connectivity index (χ2v) is 6.29. The van der Waals surface area contributed by atoms with Crippen LogP contribution in [0.2, 0.25) is 0 Å². The Morgan fingerprint density at radius 2 is 1.96 bits per heavy atom. The SMILES string of the molecule is C=C(C)CN(C(=C)C)C(/C=C(\C)c1ccc(C#N)cc1C)CC. The Bertz CT molecular complexity index is 659. The van der Waals surface area contributed by atoms with E-state index in [0.29, 0.717) is 11.6 Å². The van der Waals surface area contributed by atoms with Crippen molar-refractivity contribution in [3.8, 4) is 6.07 Å². The van der Waals surface area contributed by atoms with Crippen LogP contribution in [0, 0.1) is 18.3 Å². The molecule has 0 saturated carbocycles. The van der Waals surface area contributed by atoms with E-state index in [4.69, 9.17) is 5.26 Å². The fourth-order valence-electron chi connectivity index (χ4n) is 2.81. The lowest BCUT2D eigenvalue weighted by Crippen LogP contribution is -2.33. The van der Waals surface area contributed by atoms with Crippen LogP contribution >= 0.6 is 0 Å². The summed E-state index contributed by atoms with van der Waals surface area (Å²) in [6.07, 6.45) is 3.30. The van der Waals surface area contributed by atoms with Crippen LogP contribution in [0.1, 0.15) is 50.8 Å². The van der Waals surface area contributed by atoms with E-state index in [1.807, 2.05) is 32.0 Å². The molecule has 2 nitrogen and oxygen atoms in total. The van der Waals surface area contributed by atoms with Gasteiger partial charge in [-0.05, 0) is 62.9 Å². The van der Waals surface area contributed by atoms with E-state index in [-0.39, 0.29) is 0 Å². The fraction of sp³-hybridized carbons (Fsp3) is 0.381. The van der Waals surface area contributed by atoms with E-state index in [2.05, 4.69) is 51.0 Å². The van der Waals surface area contributed by atoms with Gasteiger partial charge in [0.2, 0.25) is 0 Å². The number of benzene rings is 1. The predicted molar refractivity (Wildman–Crippen MR) is 100.0 cm³/mol. The van der Waals surface area contributed by atoms with E-state index in [1.54, 1.807) is 0 Å². The Morgan fingerprint density at radius 1 is 1.30 bits per heavy atom. The lowest BCUT2D eigenvalue weighted by Gasteiger charge is -2.32. The lowest BCUT2D eigenvalue weighted by molar-refractivity contribution is 0.310. The first-order valence-corrected chi connectivity index (χ1v) is 8.06. The molecule has 1 aromatic rings. The maximum Gasteiger partial charge on any atom is 0.0991 e. The topological polar surface area (TPSA) is 27.0 Å². The predicted octanol–water partition coefficient (Wildman–Crippen LogP) is 5.46. The van der Waals surface area contributed by atoms with Gasteiger partial charge in [-0.2, -0.15) is 5.26 Å². The molecular weight excluding hydrogens is 280 g/mol. The second-order valence-electron chi connectivity index (χ2n) is 6.29. The third-order valence-electron chi connectivity index (χ3n) is 3.97. The van der Waals surface area contributed by atoms with Crippen molar-refractivity contribution in [3.63, 3.8) is 0 Å². The molecule has 122 valence electrons. The summed E-state index contributed by atoms with van der Waals surface area (Å²) in [5.41, 5.74) is 6.45. The highest BCUT2D eigenvalue weighted by Crippen LogP contribution is 2.23. The molecule has 0 bridgehead atoms. The Morgan fingerprint density at radius 3 is 2.39 bits per heavy atom. The highest BCUT2D eigenvalue weighted by molar-refractivity contribution is 5.67. The molecule has 0 aliphatic rings. The average molecular weight is 308 g/mol. The van der Waals surface area contributed by atoms with Gasteiger partial charge in [-0.1, -0.05) is 37.8 Å². The molecule has 0 aliphatic carbocycles. The molecule has 0 saturated heterocycles. The monoisotopic (exact) mass is 308 g/mol. The first-order chi connectivity index (χ1) is 10.8. The van der Waals surface area contributed by atoms with Gasteiger partial charge in [-0.15, -0.1) is 0 Å². The minimum Gasteiger partial charge on any atom is -0.365 e. The van der Waals surface area contributed by atoms with Gasteiger partial charge in [-0.3, -0.25) is 0 Å². The third kappa shape index (κ3) is 5.14. The minimum atomic E-state index is 0.291.